The van der Waals surface area contributed by atoms with E-state index in [0.717, 1.165) is 6.42 Å². The summed E-state index contributed by atoms with van der Waals surface area (Å²) in [5, 5.41) is 16.6. The van der Waals surface area contributed by atoms with Crippen LogP contribution in [0.3, 0.4) is 0 Å². The number of nitrogens with one attached hydrogen (secondary N) is 1. The van der Waals surface area contributed by atoms with Gasteiger partial charge in [-0.05, 0) is 30.4 Å². The summed E-state index contributed by atoms with van der Waals surface area (Å²) < 4.78 is 15.5. The fraction of sp³-hybridized carbons (Fsp3) is 0.348. The summed E-state index contributed by atoms with van der Waals surface area (Å²) in [5.41, 5.74) is 0.354. The number of hydrogen-bond donors (Lipinski definition) is 2. The highest BCUT2D eigenvalue weighted by atomic mass is 35.5. The topological polar surface area (TPSA) is 117 Å². The number of hydrogen-bond acceptors (Lipinski definition) is 5. The van der Waals surface area contributed by atoms with Crippen LogP contribution in [0.25, 0.3) is 10.9 Å². The number of carboxylic acid groups (broad SMARTS) is 1. The van der Waals surface area contributed by atoms with Crippen LogP contribution in [0.15, 0.2) is 36.7 Å². The van der Waals surface area contributed by atoms with Gasteiger partial charge in [0.05, 0.1) is 16.7 Å². The summed E-state index contributed by atoms with van der Waals surface area (Å²) in [6.07, 6.45) is 4.20. The predicted octanol–water partition coefficient (Wildman–Crippen LogP) is 2.62. The molecule has 2 amide bonds. The third-order valence-electron chi connectivity index (χ3n) is 6.75. The Morgan fingerprint density at radius 1 is 1.29 bits per heavy atom. The second-order valence-corrected chi connectivity index (χ2v) is 9.44. The minimum absolute atomic E-state index is 0.0279. The molecule has 3 heterocycles. The highest BCUT2D eigenvalue weighted by molar-refractivity contribution is 6.30. The average molecular weight is 486 g/mol. The van der Waals surface area contributed by atoms with Crippen molar-refractivity contribution in [2.45, 2.75) is 44.9 Å². The van der Waals surface area contributed by atoms with Gasteiger partial charge in [-0.3, -0.25) is 19.3 Å². The van der Waals surface area contributed by atoms with Crippen LogP contribution >= 0.6 is 11.6 Å². The van der Waals surface area contributed by atoms with Gasteiger partial charge in [-0.2, -0.15) is 5.10 Å². The van der Waals surface area contributed by atoms with Gasteiger partial charge in [0.2, 0.25) is 11.8 Å². The SMILES string of the molecule is C[C@@]12C[C@@H](C(=O)NCc3cccc(Cl)c3F)N(C(=O)Cn3nc(C(=O)O)c4ccncc43)[C@@H]1C2. The number of halogens is 2. The molecular formula is C23H21ClFN5O4. The zero-order valence-electron chi connectivity index (χ0n) is 18.2. The third-order valence-corrected chi connectivity index (χ3v) is 7.04. The summed E-state index contributed by atoms with van der Waals surface area (Å²) in [4.78, 5) is 43.5. The molecule has 34 heavy (non-hydrogen) atoms. The molecule has 3 aromatic rings. The predicted molar refractivity (Wildman–Crippen MR) is 120 cm³/mol. The molecule has 5 rings (SSSR count). The first-order valence-electron chi connectivity index (χ1n) is 10.8. The Morgan fingerprint density at radius 2 is 2.09 bits per heavy atom. The van der Waals surface area contributed by atoms with Gasteiger partial charge in [0.15, 0.2) is 5.69 Å². The van der Waals surface area contributed by atoms with E-state index in [1.54, 1.807) is 11.0 Å². The molecule has 9 nitrogen and oxygen atoms in total. The molecule has 1 aliphatic carbocycles. The lowest BCUT2D eigenvalue weighted by molar-refractivity contribution is -0.140. The van der Waals surface area contributed by atoms with Crippen LogP contribution in [-0.2, 0) is 22.7 Å². The minimum Gasteiger partial charge on any atom is -0.476 e. The lowest BCUT2D eigenvalue weighted by Crippen LogP contribution is -2.48. The van der Waals surface area contributed by atoms with Crippen molar-refractivity contribution in [1.82, 2.24) is 25.0 Å². The van der Waals surface area contributed by atoms with E-state index >= 15 is 0 Å². The Morgan fingerprint density at radius 3 is 2.85 bits per heavy atom. The van der Waals surface area contributed by atoms with Gasteiger partial charge in [-0.15, -0.1) is 0 Å². The minimum atomic E-state index is -1.20. The number of rotatable bonds is 6. The van der Waals surface area contributed by atoms with Crippen molar-refractivity contribution in [3.63, 3.8) is 0 Å². The highest BCUT2D eigenvalue weighted by Gasteiger charge is 2.64. The number of piperidine rings is 1. The Bertz CT molecular complexity index is 1340. The molecule has 2 aliphatic rings. The van der Waals surface area contributed by atoms with Crippen LogP contribution in [0.1, 0.15) is 35.8 Å². The molecule has 1 saturated heterocycles. The molecule has 2 N–H and O–H groups in total. The number of likely N-dealkylation sites (tertiary alicyclic amines) is 1. The maximum Gasteiger partial charge on any atom is 0.357 e. The molecule has 0 spiro atoms. The third kappa shape index (κ3) is 3.67. The number of nitrogens with zero attached hydrogens (tertiary/aromatic N) is 4. The van der Waals surface area contributed by atoms with Gasteiger partial charge >= 0.3 is 5.97 Å². The molecule has 1 aromatic carbocycles. The zero-order chi connectivity index (χ0) is 24.2. The number of benzene rings is 1. The van der Waals surface area contributed by atoms with Crippen molar-refractivity contribution in [1.29, 1.82) is 0 Å². The largest absolute Gasteiger partial charge is 0.476 e. The van der Waals surface area contributed by atoms with Crippen LogP contribution in [-0.4, -0.2) is 54.6 Å². The van der Waals surface area contributed by atoms with E-state index in [1.807, 2.05) is 6.92 Å². The van der Waals surface area contributed by atoms with Crippen molar-refractivity contribution in [3.8, 4) is 0 Å². The summed E-state index contributed by atoms with van der Waals surface area (Å²) in [6, 6.07) is 5.30. The Labute approximate surface area is 198 Å². The second-order valence-electron chi connectivity index (χ2n) is 9.03. The summed E-state index contributed by atoms with van der Waals surface area (Å²) in [5.74, 6) is -2.51. The van der Waals surface area contributed by atoms with Crippen LogP contribution in [0, 0.1) is 11.2 Å². The quantitative estimate of drug-likeness (QED) is 0.554. The normalized spacial score (nSPS) is 23.1. The number of carbonyl (C=O) groups is 3. The maximum absolute atomic E-state index is 14.2. The first-order valence-corrected chi connectivity index (χ1v) is 11.1. The van der Waals surface area contributed by atoms with E-state index in [4.69, 9.17) is 11.6 Å². The molecule has 0 radical (unpaired) electrons. The Hall–Kier alpha value is -3.53. The number of amides is 2. The molecule has 2 aromatic heterocycles. The van der Waals surface area contributed by atoms with Gasteiger partial charge in [-0.25, -0.2) is 9.18 Å². The number of carboxylic acids is 1. The van der Waals surface area contributed by atoms with Crippen molar-refractivity contribution >= 4 is 40.3 Å². The van der Waals surface area contributed by atoms with Crippen LogP contribution in [0.5, 0.6) is 0 Å². The molecular weight excluding hydrogens is 465 g/mol. The molecule has 2 fully saturated rings. The summed E-state index contributed by atoms with van der Waals surface area (Å²) in [7, 11) is 0. The number of fused-ring (bicyclic) bond motifs is 2. The Kier molecular flexibility index (Phi) is 5.27. The van der Waals surface area contributed by atoms with E-state index in [-0.39, 0.29) is 52.6 Å². The van der Waals surface area contributed by atoms with E-state index in [1.165, 1.54) is 35.3 Å². The molecule has 0 bridgehead atoms. The monoisotopic (exact) mass is 485 g/mol. The Balaban J connectivity index is 1.35. The molecule has 1 aliphatic heterocycles. The van der Waals surface area contributed by atoms with E-state index in [2.05, 4.69) is 15.4 Å². The van der Waals surface area contributed by atoms with Gasteiger partial charge in [-0.1, -0.05) is 30.7 Å². The van der Waals surface area contributed by atoms with E-state index in [0.29, 0.717) is 17.3 Å². The van der Waals surface area contributed by atoms with Gasteiger partial charge in [0.25, 0.3) is 0 Å². The fourth-order valence-electron chi connectivity index (χ4n) is 4.85. The molecule has 11 heteroatoms. The zero-order valence-corrected chi connectivity index (χ0v) is 18.9. The maximum atomic E-state index is 14.2. The van der Waals surface area contributed by atoms with Crippen molar-refractivity contribution in [2.24, 2.45) is 5.41 Å². The van der Waals surface area contributed by atoms with Gasteiger partial charge in [0.1, 0.15) is 18.4 Å². The number of aromatic carboxylic acids is 1. The number of aromatic nitrogens is 3. The smallest absolute Gasteiger partial charge is 0.357 e. The molecule has 0 unspecified atom stereocenters. The summed E-state index contributed by atoms with van der Waals surface area (Å²) >= 11 is 5.81. The number of pyridine rings is 1. The van der Waals surface area contributed by atoms with E-state index < -0.39 is 17.8 Å². The molecule has 3 atom stereocenters. The van der Waals surface area contributed by atoms with Crippen molar-refractivity contribution in [3.05, 3.63) is 58.8 Å². The van der Waals surface area contributed by atoms with Crippen LogP contribution < -0.4 is 5.32 Å². The van der Waals surface area contributed by atoms with Gasteiger partial charge < -0.3 is 15.3 Å². The average Bonchev–Trinajstić information content (AvgIpc) is 3.17. The van der Waals surface area contributed by atoms with E-state index in [9.17, 15) is 23.9 Å². The summed E-state index contributed by atoms with van der Waals surface area (Å²) in [6.45, 7) is 1.74. The highest BCUT2D eigenvalue weighted by Crippen LogP contribution is 2.59. The van der Waals surface area contributed by atoms with Gasteiger partial charge in [0, 0.05) is 29.7 Å². The first kappa shape index (κ1) is 22.3. The second kappa shape index (κ2) is 8.05. The number of carbonyl (C=O) groups excluding carboxylic acids is 2. The lowest BCUT2D eigenvalue weighted by atomic mass is 10.0. The fourth-order valence-corrected chi connectivity index (χ4v) is 5.05. The molecule has 1 saturated carbocycles. The standard InChI is InChI=1S/C23H21ClFN5O4/c1-23-7-15(21(32)27-9-12-3-2-4-14(24)19(12)25)30(17(23)8-23)18(31)11-29-16-10-26-6-5-13(16)20(28-29)22(33)34/h2-6,10,15,17H,7-9,11H2,1H3,(H,27,32)(H,33,34)/t15-,17+,23-/m0/s1. The van der Waals surface area contributed by atoms with Crippen molar-refractivity contribution in [2.75, 3.05) is 0 Å². The lowest BCUT2D eigenvalue weighted by Gasteiger charge is -2.27. The van der Waals surface area contributed by atoms with Crippen LogP contribution in [0.4, 0.5) is 4.39 Å². The first-order chi connectivity index (χ1) is 16.2. The molecule has 176 valence electrons. The van der Waals surface area contributed by atoms with Crippen LogP contribution in [0.2, 0.25) is 5.02 Å². The van der Waals surface area contributed by atoms with Crippen molar-refractivity contribution < 1.29 is 23.9 Å².